The summed E-state index contributed by atoms with van der Waals surface area (Å²) in [6.45, 7) is 8.01. The highest BCUT2D eigenvalue weighted by Gasteiger charge is 2.17. The van der Waals surface area contributed by atoms with Crippen LogP contribution in [0, 0.1) is 0 Å². The van der Waals surface area contributed by atoms with Gasteiger partial charge in [0.05, 0.1) is 22.2 Å². The van der Waals surface area contributed by atoms with Gasteiger partial charge in [0.2, 0.25) is 15.9 Å². The summed E-state index contributed by atoms with van der Waals surface area (Å²) in [6.07, 6.45) is 5.11. The minimum Gasteiger partial charge on any atom is -0.471 e. The number of benzene rings is 3. The number of carbonyl (C=O) groups is 1. The summed E-state index contributed by atoms with van der Waals surface area (Å²) in [5.41, 5.74) is 5.85. The lowest BCUT2D eigenvalue weighted by molar-refractivity contribution is -0.125. The first-order valence-corrected chi connectivity index (χ1v) is 15.4. The van der Waals surface area contributed by atoms with Gasteiger partial charge in [-0.3, -0.25) is 4.79 Å². The Labute approximate surface area is 241 Å². The molecule has 0 N–H and O–H groups in total. The van der Waals surface area contributed by atoms with E-state index in [0.29, 0.717) is 6.73 Å². The number of carbonyl (C=O) groups excluding carboxylic acids is 1. The molecule has 1 aromatic heterocycles. The molecule has 1 amide bonds. The Hall–Kier alpha value is -3.95. The van der Waals surface area contributed by atoms with Gasteiger partial charge in [0.1, 0.15) is 10.8 Å². The van der Waals surface area contributed by atoms with Crippen molar-refractivity contribution in [3.63, 3.8) is 0 Å². The van der Waals surface area contributed by atoms with Crippen LogP contribution in [0.5, 0.6) is 5.75 Å². The highest BCUT2D eigenvalue weighted by Crippen LogP contribution is 2.36. The zero-order chi connectivity index (χ0) is 29.3. The second kappa shape index (κ2) is 13.9. The van der Waals surface area contributed by atoms with Gasteiger partial charge in [-0.05, 0) is 54.0 Å². The molecule has 9 heteroatoms. The van der Waals surface area contributed by atoms with Crippen LogP contribution in [0.2, 0.25) is 0 Å². The second-order valence-corrected chi connectivity index (χ2v) is 12.2. The van der Waals surface area contributed by atoms with Crippen molar-refractivity contribution in [3.8, 4) is 16.9 Å². The van der Waals surface area contributed by atoms with Crippen molar-refractivity contribution in [2.45, 2.75) is 20.3 Å². The largest absolute Gasteiger partial charge is 0.471 e. The summed E-state index contributed by atoms with van der Waals surface area (Å²) < 4.78 is 28.8. The van der Waals surface area contributed by atoms with Gasteiger partial charge < -0.3 is 9.64 Å². The van der Waals surface area contributed by atoms with E-state index in [1.165, 1.54) is 28.6 Å². The minimum atomic E-state index is -3.33. The zero-order valence-electron chi connectivity index (χ0n) is 23.5. The number of rotatable bonds is 5. The third-order valence-corrected chi connectivity index (χ3v) is 8.21. The number of anilines is 1. The molecule has 210 valence electrons. The molecular formula is C31H35N3O4S2. The number of sulfonamides is 1. The predicted molar refractivity (Wildman–Crippen MR) is 167 cm³/mol. The highest BCUT2D eigenvalue weighted by atomic mass is 32.2. The molecule has 0 saturated heterocycles. The molecule has 4 aromatic rings. The molecule has 5 rings (SSSR count). The molecule has 0 unspecified atom stereocenters. The van der Waals surface area contributed by atoms with Crippen molar-refractivity contribution >= 4 is 49.2 Å². The van der Waals surface area contributed by atoms with Crippen molar-refractivity contribution in [3.05, 3.63) is 96.0 Å². The van der Waals surface area contributed by atoms with Gasteiger partial charge in [0.15, 0.2) is 6.73 Å². The van der Waals surface area contributed by atoms with Gasteiger partial charge in [0.25, 0.3) is 0 Å². The first-order valence-electron chi connectivity index (χ1n) is 12.7. The SMILES string of the molecule is C=C/C(C)=C/c1nc2ccccc2s1.CCC(=O)N(C)S(C)(=O)=O.CN1COc2ccc(-c3ccccc3)cc21. The first-order chi connectivity index (χ1) is 19.0. The summed E-state index contributed by atoms with van der Waals surface area (Å²) >= 11 is 1.71. The Bertz CT molecular complexity index is 1560. The van der Waals surface area contributed by atoms with E-state index >= 15 is 0 Å². The minimum absolute atomic E-state index is 0.212. The maximum absolute atomic E-state index is 10.7. The maximum atomic E-state index is 10.7. The van der Waals surface area contributed by atoms with E-state index in [9.17, 15) is 13.2 Å². The summed E-state index contributed by atoms with van der Waals surface area (Å²) in [6, 6.07) is 24.9. The Morgan fingerprint density at radius 3 is 2.38 bits per heavy atom. The highest BCUT2D eigenvalue weighted by molar-refractivity contribution is 7.88. The average Bonchev–Trinajstić information content (AvgIpc) is 3.55. The molecule has 0 bridgehead atoms. The van der Waals surface area contributed by atoms with Gasteiger partial charge >= 0.3 is 0 Å². The van der Waals surface area contributed by atoms with Crippen LogP contribution < -0.4 is 9.64 Å². The molecule has 2 heterocycles. The number of aromatic nitrogens is 1. The molecule has 0 spiro atoms. The molecule has 1 aliphatic heterocycles. The Morgan fingerprint density at radius 1 is 1.10 bits per heavy atom. The molecule has 7 nitrogen and oxygen atoms in total. The van der Waals surface area contributed by atoms with Crippen molar-refractivity contribution < 1.29 is 17.9 Å². The fourth-order valence-corrected chi connectivity index (χ4v) is 5.07. The van der Waals surface area contributed by atoms with Crippen molar-refractivity contribution in [2.24, 2.45) is 0 Å². The Morgan fingerprint density at radius 2 is 1.77 bits per heavy atom. The number of fused-ring (bicyclic) bond motifs is 2. The molecule has 0 saturated carbocycles. The standard InChI is InChI=1S/C14H13NO.C12H11NS.C5H11NO3S/c1-15-10-16-14-8-7-12(9-13(14)15)11-5-3-2-4-6-11;1-3-9(2)8-12-13-10-6-4-5-7-11(10)14-12;1-4-5(7)6(2)10(3,8)9/h2-9H,10H2,1H3;3-8H,1H2,2H3;4H2,1-3H3/b;9-8+;. The van der Waals surface area contributed by atoms with Crippen LogP contribution in [0.3, 0.4) is 0 Å². The fourth-order valence-electron chi connectivity index (χ4n) is 3.60. The Kier molecular flexibility index (Phi) is 10.6. The van der Waals surface area contributed by atoms with Gasteiger partial charge in [-0.2, -0.15) is 0 Å². The van der Waals surface area contributed by atoms with E-state index < -0.39 is 10.0 Å². The topological polar surface area (TPSA) is 79.8 Å². The first kappa shape index (κ1) is 30.6. The Balaban J connectivity index is 0.000000171. The molecular weight excluding hydrogens is 542 g/mol. The van der Waals surface area contributed by atoms with E-state index in [-0.39, 0.29) is 12.3 Å². The molecule has 0 aliphatic carbocycles. The summed E-state index contributed by atoms with van der Waals surface area (Å²) in [5, 5.41) is 1.05. The second-order valence-electron chi connectivity index (χ2n) is 9.11. The number of thiazole rings is 1. The normalized spacial score (nSPS) is 12.3. The van der Waals surface area contributed by atoms with Crippen molar-refractivity contribution in [1.82, 2.24) is 9.29 Å². The fraction of sp³-hybridized carbons (Fsp3) is 0.226. The van der Waals surface area contributed by atoms with E-state index in [2.05, 4.69) is 65.0 Å². The predicted octanol–water partition coefficient (Wildman–Crippen LogP) is 6.84. The van der Waals surface area contributed by atoms with Crippen LogP contribution in [0.15, 0.2) is 91.0 Å². The number of nitrogens with zero attached hydrogens (tertiary/aromatic N) is 3. The lowest BCUT2D eigenvalue weighted by Gasteiger charge is -2.12. The summed E-state index contributed by atoms with van der Waals surface area (Å²) in [7, 11) is -0.0369. The lowest BCUT2D eigenvalue weighted by atomic mass is 10.0. The van der Waals surface area contributed by atoms with Gasteiger partial charge in [0, 0.05) is 20.5 Å². The molecule has 40 heavy (non-hydrogen) atoms. The van der Waals surface area contributed by atoms with Crippen LogP contribution in [-0.2, 0) is 14.8 Å². The van der Waals surface area contributed by atoms with E-state index in [1.54, 1.807) is 18.3 Å². The zero-order valence-corrected chi connectivity index (χ0v) is 25.1. The van der Waals surface area contributed by atoms with Crippen molar-refractivity contribution in [1.29, 1.82) is 0 Å². The molecule has 0 fully saturated rings. The van der Waals surface area contributed by atoms with Crippen LogP contribution in [0.25, 0.3) is 27.4 Å². The molecule has 0 atom stereocenters. The van der Waals surface area contributed by atoms with Crippen LogP contribution in [0.1, 0.15) is 25.3 Å². The number of ether oxygens (including phenoxy) is 1. The van der Waals surface area contributed by atoms with E-state index in [0.717, 1.165) is 32.4 Å². The van der Waals surface area contributed by atoms with E-state index in [1.807, 2.05) is 50.4 Å². The summed E-state index contributed by atoms with van der Waals surface area (Å²) in [4.78, 5) is 17.3. The number of amides is 1. The van der Waals surface area contributed by atoms with Gasteiger partial charge in [-0.25, -0.2) is 17.7 Å². The maximum Gasteiger partial charge on any atom is 0.235 e. The van der Waals surface area contributed by atoms with Crippen LogP contribution in [0.4, 0.5) is 5.69 Å². The van der Waals surface area contributed by atoms with Crippen molar-refractivity contribution in [2.75, 3.05) is 32.0 Å². The quantitative estimate of drug-likeness (QED) is 0.242. The summed E-state index contributed by atoms with van der Waals surface area (Å²) in [5.74, 6) is 0.588. The van der Waals surface area contributed by atoms with Gasteiger partial charge in [-0.1, -0.05) is 68.1 Å². The van der Waals surface area contributed by atoms with Crippen LogP contribution in [-0.4, -0.2) is 50.7 Å². The van der Waals surface area contributed by atoms with Gasteiger partial charge in [-0.15, -0.1) is 11.3 Å². The molecule has 3 aromatic carbocycles. The number of para-hydroxylation sites is 1. The smallest absolute Gasteiger partial charge is 0.235 e. The van der Waals surface area contributed by atoms with E-state index in [4.69, 9.17) is 4.74 Å². The number of hydrogen-bond donors (Lipinski definition) is 0. The monoisotopic (exact) mass is 577 g/mol. The third kappa shape index (κ3) is 8.27. The molecule has 1 aliphatic rings. The number of hydrogen-bond acceptors (Lipinski definition) is 7. The average molecular weight is 578 g/mol. The number of allylic oxidation sites excluding steroid dienone is 2. The third-order valence-electron chi connectivity index (χ3n) is 6.03. The lowest BCUT2D eigenvalue weighted by Crippen LogP contribution is -2.31. The molecule has 0 radical (unpaired) electrons. The van der Waals surface area contributed by atoms with Crippen LogP contribution >= 0.6 is 11.3 Å².